The Labute approximate surface area is 177 Å². The molecule has 0 aliphatic heterocycles. The number of alkyl halides is 3. The van der Waals surface area contributed by atoms with E-state index < -0.39 is 52.0 Å². The van der Waals surface area contributed by atoms with E-state index in [1.165, 1.54) is 20.9 Å². The van der Waals surface area contributed by atoms with Gasteiger partial charge in [0.25, 0.3) is 0 Å². The summed E-state index contributed by atoms with van der Waals surface area (Å²) in [7, 11) is 1.33. The van der Waals surface area contributed by atoms with Crippen molar-refractivity contribution in [3.63, 3.8) is 0 Å². The highest BCUT2D eigenvalue weighted by atomic mass is 19.4. The summed E-state index contributed by atoms with van der Waals surface area (Å²) in [4.78, 5) is 11.3. The van der Waals surface area contributed by atoms with Crippen LogP contribution in [-0.4, -0.2) is 20.7 Å². The van der Waals surface area contributed by atoms with E-state index in [1.54, 1.807) is 0 Å². The lowest BCUT2D eigenvalue weighted by Crippen LogP contribution is -2.30. The molecular weight excluding hydrogens is 442 g/mol. The van der Waals surface area contributed by atoms with Gasteiger partial charge in [-0.25, -0.2) is 13.2 Å². The number of carbonyl (C=O) groups excluding carboxylic acids is 1. The molecule has 0 spiro atoms. The molecule has 0 fully saturated rings. The Bertz CT molecular complexity index is 1180. The highest BCUT2D eigenvalue weighted by Gasteiger charge is 2.37. The van der Waals surface area contributed by atoms with Crippen molar-refractivity contribution < 1.29 is 35.9 Å². The number of halogens is 6. The standard InChI is InChI=1S/C20H16F6N4O2/c1-19(2,32-15-13(22)7-10(21)8-14(15)23)18-29-28-17(30(18)3)11-5-4-9(16(27)31)6-12(11)20(24,25)26/h4-8H,1-3H3,(H2,27,31). The molecule has 0 saturated heterocycles. The van der Waals surface area contributed by atoms with E-state index in [2.05, 4.69) is 10.2 Å². The van der Waals surface area contributed by atoms with E-state index in [0.29, 0.717) is 18.2 Å². The zero-order chi connectivity index (χ0) is 24.0. The minimum atomic E-state index is -4.85. The molecule has 0 aliphatic carbocycles. The summed E-state index contributed by atoms with van der Waals surface area (Å²) in [5.74, 6) is -6.02. The summed E-state index contributed by atoms with van der Waals surface area (Å²) in [5.41, 5.74) is 1.55. The quantitative estimate of drug-likeness (QED) is 0.577. The Morgan fingerprint density at radius 2 is 1.62 bits per heavy atom. The molecule has 2 N–H and O–H groups in total. The van der Waals surface area contributed by atoms with Crippen LogP contribution in [0.2, 0.25) is 0 Å². The molecule has 0 atom stereocenters. The molecule has 3 aromatic rings. The number of benzene rings is 2. The van der Waals surface area contributed by atoms with Gasteiger partial charge in [0, 0.05) is 30.3 Å². The second kappa shape index (κ2) is 7.84. The molecule has 32 heavy (non-hydrogen) atoms. The Morgan fingerprint density at radius 3 is 2.16 bits per heavy atom. The van der Waals surface area contributed by atoms with Crippen LogP contribution in [-0.2, 0) is 18.8 Å². The first-order valence-electron chi connectivity index (χ1n) is 8.97. The minimum absolute atomic E-state index is 0.0808. The number of primary amides is 1. The van der Waals surface area contributed by atoms with E-state index >= 15 is 0 Å². The molecule has 0 bridgehead atoms. The van der Waals surface area contributed by atoms with Gasteiger partial charge in [0.2, 0.25) is 5.91 Å². The van der Waals surface area contributed by atoms with Crippen molar-refractivity contribution in [2.75, 3.05) is 0 Å². The summed E-state index contributed by atoms with van der Waals surface area (Å²) in [6.07, 6.45) is -4.85. The molecular formula is C20H16F6N4O2. The van der Waals surface area contributed by atoms with Gasteiger partial charge in [-0.15, -0.1) is 10.2 Å². The van der Waals surface area contributed by atoms with Crippen molar-refractivity contribution in [3.8, 4) is 17.1 Å². The maximum absolute atomic E-state index is 14.0. The van der Waals surface area contributed by atoms with Gasteiger partial charge in [0.15, 0.2) is 34.6 Å². The molecule has 0 aliphatic rings. The van der Waals surface area contributed by atoms with Crippen LogP contribution in [0.4, 0.5) is 26.3 Å². The number of carbonyl (C=O) groups is 1. The van der Waals surface area contributed by atoms with Gasteiger partial charge in [-0.05, 0) is 32.0 Å². The second-order valence-electron chi connectivity index (χ2n) is 7.34. The molecule has 0 unspecified atom stereocenters. The van der Waals surface area contributed by atoms with E-state index in [4.69, 9.17) is 10.5 Å². The first-order chi connectivity index (χ1) is 14.7. The Hall–Kier alpha value is -3.57. The Morgan fingerprint density at radius 1 is 1.03 bits per heavy atom. The number of nitrogens with two attached hydrogens (primary N) is 1. The average Bonchev–Trinajstić information content (AvgIpc) is 3.05. The van der Waals surface area contributed by atoms with Gasteiger partial charge in [-0.2, -0.15) is 13.2 Å². The molecule has 170 valence electrons. The molecule has 0 radical (unpaired) electrons. The third-order valence-corrected chi connectivity index (χ3v) is 4.58. The zero-order valence-electron chi connectivity index (χ0n) is 16.9. The average molecular weight is 458 g/mol. The monoisotopic (exact) mass is 458 g/mol. The Kier molecular flexibility index (Phi) is 5.66. The van der Waals surface area contributed by atoms with E-state index in [-0.39, 0.29) is 17.2 Å². The SMILES string of the molecule is Cn1c(-c2ccc(C(N)=O)cc2C(F)(F)F)nnc1C(C)(C)Oc1c(F)cc(F)cc1F. The minimum Gasteiger partial charge on any atom is -0.474 e. The summed E-state index contributed by atoms with van der Waals surface area (Å²) in [6, 6.07) is 3.56. The number of aromatic nitrogens is 3. The highest BCUT2D eigenvalue weighted by molar-refractivity contribution is 5.93. The predicted octanol–water partition coefficient (Wildman–Crippen LogP) is 4.33. The van der Waals surface area contributed by atoms with Gasteiger partial charge in [0.05, 0.1) is 5.56 Å². The fourth-order valence-electron chi connectivity index (χ4n) is 3.14. The van der Waals surface area contributed by atoms with Gasteiger partial charge in [-0.1, -0.05) is 0 Å². The molecule has 12 heteroatoms. The zero-order valence-corrected chi connectivity index (χ0v) is 16.9. The Balaban J connectivity index is 2.08. The molecule has 0 saturated carbocycles. The molecule has 6 nitrogen and oxygen atoms in total. The van der Waals surface area contributed by atoms with Crippen molar-refractivity contribution in [2.24, 2.45) is 12.8 Å². The third-order valence-electron chi connectivity index (χ3n) is 4.58. The summed E-state index contributed by atoms with van der Waals surface area (Å²) in [5, 5.41) is 7.60. The molecule has 2 aromatic carbocycles. The van der Waals surface area contributed by atoms with Crippen molar-refractivity contribution in [2.45, 2.75) is 25.6 Å². The van der Waals surface area contributed by atoms with Crippen LogP contribution in [0.1, 0.15) is 35.6 Å². The van der Waals surface area contributed by atoms with Gasteiger partial charge < -0.3 is 15.0 Å². The number of amides is 1. The van der Waals surface area contributed by atoms with Crippen LogP contribution in [0, 0.1) is 17.5 Å². The first kappa shape index (κ1) is 23.1. The molecule has 1 heterocycles. The molecule has 3 rings (SSSR count). The number of hydrogen-bond acceptors (Lipinski definition) is 4. The topological polar surface area (TPSA) is 83.0 Å². The molecule has 1 aromatic heterocycles. The first-order valence-corrected chi connectivity index (χ1v) is 8.97. The smallest absolute Gasteiger partial charge is 0.417 e. The number of nitrogens with zero attached hydrogens (tertiary/aromatic N) is 3. The number of ether oxygens (including phenoxy) is 1. The van der Waals surface area contributed by atoms with E-state index in [9.17, 15) is 31.1 Å². The van der Waals surface area contributed by atoms with Crippen LogP contribution >= 0.6 is 0 Å². The number of hydrogen-bond donors (Lipinski definition) is 1. The van der Waals surface area contributed by atoms with Crippen LogP contribution in [0.3, 0.4) is 0 Å². The lowest BCUT2D eigenvalue weighted by molar-refractivity contribution is -0.137. The van der Waals surface area contributed by atoms with Crippen LogP contribution in [0.15, 0.2) is 30.3 Å². The summed E-state index contributed by atoms with van der Waals surface area (Å²) >= 11 is 0. The largest absolute Gasteiger partial charge is 0.474 e. The second-order valence-corrected chi connectivity index (χ2v) is 7.34. The normalized spacial score (nSPS) is 12.2. The van der Waals surface area contributed by atoms with Crippen LogP contribution in [0.5, 0.6) is 5.75 Å². The number of rotatable bonds is 5. The predicted molar refractivity (Wildman–Crippen MR) is 99.9 cm³/mol. The van der Waals surface area contributed by atoms with Crippen molar-refractivity contribution in [1.29, 1.82) is 0 Å². The van der Waals surface area contributed by atoms with E-state index in [0.717, 1.165) is 16.7 Å². The lowest BCUT2D eigenvalue weighted by Gasteiger charge is -2.26. The maximum Gasteiger partial charge on any atom is 0.417 e. The lowest BCUT2D eigenvalue weighted by atomic mass is 10.0. The molecule has 1 amide bonds. The van der Waals surface area contributed by atoms with Crippen LogP contribution < -0.4 is 10.5 Å². The maximum atomic E-state index is 14.0. The fourth-order valence-corrected chi connectivity index (χ4v) is 3.14. The van der Waals surface area contributed by atoms with Crippen LogP contribution in [0.25, 0.3) is 11.4 Å². The fraction of sp³-hybridized carbons (Fsp3) is 0.250. The van der Waals surface area contributed by atoms with Gasteiger partial charge in [0.1, 0.15) is 5.82 Å². The summed E-state index contributed by atoms with van der Waals surface area (Å²) in [6.45, 7) is 2.70. The van der Waals surface area contributed by atoms with Crippen molar-refractivity contribution >= 4 is 5.91 Å². The summed E-state index contributed by atoms with van der Waals surface area (Å²) < 4.78 is 88.5. The highest BCUT2D eigenvalue weighted by Crippen LogP contribution is 2.38. The van der Waals surface area contributed by atoms with Gasteiger partial charge in [-0.3, -0.25) is 4.79 Å². The third kappa shape index (κ3) is 4.25. The van der Waals surface area contributed by atoms with E-state index in [1.807, 2.05) is 0 Å². The van der Waals surface area contributed by atoms with Crippen molar-refractivity contribution in [3.05, 3.63) is 64.7 Å². The van der Waals surface area contributed by atoms with Crippen molar-refractivity contribution in [1.82, 2.24) is 14.8 Å². The van der Waals surface area contributed by atoms with Gasteiger partial charge >= 0.3 is 6.18 Å².